The van der Waals surface area contributed by atoms with Crippen molar-refractivity contribution in [3.8, 4) is 0 Å². The topological polar surface area (TPSA) is 67.8 Å². The van der Waals surface area contributed by atoms with E-state index >= 15 is 0 Å². The Balaban J connectivity index is 1.74. The van der Waals surface area contributed by atoms with Crippen LogP contribution in [0.2, 0.25) is 0 Å². The lowest BCUT2D eigenvalue weighted by Crippen LogP contribution is -2.46. The Morgan fingerprint density at radius 3 is 2.32 bits per heavy atom. The molecule has 154 valence electrons. The lowest BCUT2D eigenvalue weighted by atomic mass is 9.81. The number of amides is 1. The number of hydrogen-bond donors (Lipinski definition) is 0. The van der Waals surface area contributed by atoms with E-state index in [1.807, 2.05) is 32.6 Å². The van der Waals surface area contributed by atoms with E-state index in [4.69, 9.17) is 9.31 Å². The largest absolute Gasteiger partial charge is 0.498 e. The van der Waals surface area contributed by atoms with Crippen molar-refractivity contribution in [1.29, 1.82) is 0 Å². The van der Waals surface area contributed by atoms with Crippen molar-refractivity contribution in [2.45, 2.75) is 84.6 Å². The van der Waals surface area contributed by atoms with E-state index in [9.17, 15) is 4.79 Å². The van der Waals surface area contributed by atoms with E-state index in [-0.39, 0.29) is 29.2 Å². The molecule has 2 aliphatic rings. The Kier molecular flexibility index (Phi) is 5.74. The van der Waals surface area contributed by atoms with Crippen LogP contribution in [0.3, 0.4) is 0 Å². The molecule has 0 bridgehead atoms. The summed E-state index contributed by atoms with van der Waals surface area (Å²) in [7, 11) is -0.463. The summed E-state index contributed by atoms with van der Waals surface area (Å²) < 4.78 is 12.2. The van der Waals surface area contributed by atoms with Crippen molar-refractivity contribution in [3.05, 3.63) is 12.4 Å². The maximum Gasteiger partial charge on any atom is 0.498 e. The number of carbonyl (C=O) groups is 1. The molecule has 3 heterocycles. The molecule has 7 nitrogen and oxygen atoms in total. The standard InChI is InChI=1S/C20H33BN4O3/c1-14(2)25(13-17-9-8-10-24(17)15(3)26)18-22-11-16(12-23-18)21-27-19(4,5)20(6,7)28-21/h11-12,14,17H,8-10,13H2,1-7H3/t17-/m1/s1. The van der Waals surface area contributed by atoms with Crippen molar-refractivity contribution >= 4 is 24.4 Å². The summed E-state index contributed by atoms with van der Waals surface area (Å²) in [5, 5.41) is 0. The zero-order valence-corrected chi connectivity index (χ0v) is 18.2. The van der Waals surface area contributed by atoms with Gasteiger partial charge in [0.1, 0.15) is 0 Å². The van der Waals surface area contributed by atoms with Crippen LogP contribution < -0.4 is 10.4 Å². The van der Waals surface area contributed by atoms with Crippen LogP contribution in [0.15, 0.2) is 12.4 Å². The minimum atomic E-state index is -0.463. The Labute approximate surface area is 168 Å². The van der Waals surface area contributed by atoms with Crippen LogP contribution in [-0.4, -0.2) is 64.3 Å². The number of carbonyl (C=O) groups excluding carboxylic acids is 1. The Morgan fingerprint density at radius 1 is 1.25 bits per heavy atom. The molecule has 28 heavy (non-hydrogen) atoms. The zero-order valence-electron chi connectivity index (χ0n) is 18.2. The van der Waals surface area contributed by atoms with Gasteiger partial charge in [-0.3, -0.25) is 4.79 Å². The normalized spacial score (nSPS) is 23.5. The fourth-order valence-electron chi connectivity index (χ4n) is 3.77. The first-order chi connectivity index (χ1) is 13.0. The summed E-state index contributed by atoms with van der Waals surface area (Å²) in [6.45, 7) is 15.6. The molecule has 1 aromatic heterocycles. The van der Waals surface area contributed by atoms with E-state index in [0.717, 1.165) is 31.4 Å². The van der Waals surface area contributed by atoms with E-state index in [2.05, 4.69) is 28.7 Å². The second-order valence-corrected chi connectivity index (χ2v) is 9.16. The average molecular weight is 388 g/mol. The summed E-state index contributed by atoms with van der Waals surface area (Å²) in [6.07, 6.45) is 5.65. The van der Waals surface area contributed by atoms with Gasteiger partial charge in [-0.1, -0.05) is 0 Å². The first-order valence-electron chi connectivity index (χ1n) is 10.2. The van der Waals surface area contributed by atoms with Gasteiger partial charge in [-0.2, -0.15) is 0 Å². The number of rotatable bonds is 5. The second-order valence-electron chi connectivity index (χ2n) is 9.16. The molecule has 2 saturated heterocycles. The van der Waals surface area contributed by atoms with E-state index in [1.54, 1.807) is 19.3 Å². The van der Waals surface area contributed by atoms with Crippen molar-refractivity contribution in [2.75, 3.05) is 18.0 Å². The van der Waals surface area contributed by atoms with Gasteiger partial charge >= 0.3 is 7.12 Å². The molecule has 0 aromatic carbocycles. The molecule has 3 rings (SSSR count). The highest BCUT2D eigenvalue weighted by molar-refractivity contribution is 6.61. The van der Waals surface area contributed by atoms with E-state index < -0.39 is 7.12 Å². The van der Waals surface area contributed by atoms with Crippen molar-refractivity contribution in [2.24, 2.45) is 0 Å². The number of likely N-dealkylation sites (tertiary alicyclic amines) is 1. The first kappa shape index (κ1) is 21.1. The predicted octanol–water partition coefficient (Wildman–Crippen LogP) is 2.00. The average Bonchev–Trinajstić information content (AvgIpc) is 3.14. The van der Waals surface area contributed by atoms with Gasteiger partial charge in [0, 0.05) is 50.0 Å². The number of hydrogen-bond acceptors (Lipinski definition) is 6. The maximum atomic E-state index is 11.9. The van der Waals surface area contributed by atoms with Crippen LogP contribution in [0.1, 0.15) is 61.3 Å². The maximum absolute atomic E-state index is 11.9. The summed E-state index contributed by atoms with van der Waals surface area (Å²) >= 11 is 0. The van der Waals surface area contributed by atoms with Crippen molar-refractivity contribution in [1.82, 2.24) is 14.9 Å². The van der Waals surface area contributed by atoms with Gasteiger partial charge in [0.2, 0.25) is 11.9 Å². The molecule has 1 amide bonds. The molecule has 0 saturated carbocycles. The number of nitrogens with zero attached hydrogens (tertiary/aromatic N) is 4. The molecule has 2 aliphatic heterocycles. The van der Waals surface area contributed by atoms with Crippen LogP contribution in [0, 0.1) is 0 Å². The van der Waals surface area contributed by atoms with Crippen molar-refractivity contribution < 1.29 is 14.1 Å². The molecular formula is C20H33BN4O3. The van der Waals surface area contributed by atoms with Crippen molar-refractivity contribution in [3.63, 3.8) is 0 Å². The fraction of sp³-hybridized carbons (Fsp3) is 0.750. The highest BCUT2D eigenvalue weighted by atomic mass is 16.7. The summed E-state index contributed by atoms with van der Waals surface area (Å²) in [5.41, 5.74) is 0.0371. The fourth-order valence-corrected chi connectivity index (χ4v) is 3.77. The molecular weight excluding hydrogens is 355 g/mol. The van der Waals surface area contributed by atoms with Gasteiger partial charge in [0.25, 0.3) is 0 Å². The van der Waals surface area contributed by atoms with Gasteiger partial charge in [-0.25, -0.2) is 9.97 Å². The Bertz CT molecular complexity index is 692. The van der Waals surface area contributed by atoms with Crippen LogP contribution >= 0.6 is 0 Å². The molecule has 0 unspecified atom stereocenters. The van der Waals surface area contributed by atoms with Crippen LogP contribution in [-0.2, 0) is 14.1 Å². The molecule has 1 aromatic rings. The Morgan fingerprint density at radius 2 is 1.82 bits per heavy atom. The predicted molar refractivity (Wildman–Crippen MR) is 111 cm³/mol. The third kappa shape index (κ3) is 4.03. The highest BCUT2D eigenvalue weighted by Crippen LogP contribution is 2.36. The van der Waals surface area contributed by atoms with Gasteiger partial charge in [-0.05, 0) is 54.4 Å². The van der Waals surface area contributed by atoms with Gasteiger partial charge in [-0.15, -0.1) is 0 Å². The SMILES string of the molecule is CC(=O)N1CCC[C@@H]1CN(c1ncc(B2OC(C)(C)C(C)(C)O2)cn1)C(C)C. The van der Waals surface area contributed by atoms with E-state index in [1.165, 1.54) is 0 Å². The third-order valence-corrected chi connectivity index (χ3v) is 6.25. The zero-order chi connectivity index (χ0) is 20.7. The van der Waals surface area contributed by atoms with Crippen LogP contribution in [0.4, 0.5) is 5.95 Å². The minimum Gasteiger partial charge on any atom is -0.399 e. The lowest BCUT2D eigenvalue weighted by Gasteiger charge is -2.33. The highest BCUT2D eigenvalue weighted by Gasteiger charge is 2.52. The third-order valence-electron chi connectivity index (χ3n) is 6.25. The van der Waals surface area contributed by atoms with E-state index in [0.29, 0.717) is 5.95 Å². The molecule has 8 heteroatoms. The molecule has 1 atom stereocenters. The monoisotopic (exact) mass is 388 g/mol. The van der Waals surface area contributed by atoms with Crippen LogP contribution in [0.5, 0.6) is 0 Å². The molecule has 0 spiro atoms. The molecule has 2 fully saturated rings. The smallest absolute Gasteiger partial charge is 0.399 e. The van der Waals surface area contributed by atoms with Gasteiger partial charge < -0.3 is 19.1 Å². The van der Waals surface area contributed by atoms with Gasteiger partial charge in [0.15, 0.2) is 0 Å². The first-order valence-corrected chi connectivity index (χ1v) is 10.2. The Hall–Kier alpha value is -1.67. The molecule has 0 aliphatic carbocycles. The summed E-state index contributed by atoms with van der Waals surface area (Å²) in [5.74, 6) is 0.814. The quantitative estimate of drug-likeness (QED) is 0.719. The van der Waals surface area contributed by atoms with Gasteiger partial charge in [0.05, 0.1) is 11.2 Å². The van der Waals surface area contributed by atoms with Crippen LogP contribution in [0.25, 0.3) is 0 Å². The minimum absolute atomic E-state index is 0.142. The second kappa shape index (κ2) is 7.63. The molecule has 0 radical (unpaired) electrons. The molecule has 0 N–H and O–H groups in total. The number of aromatic nitrogens is 2. The summed E-state index contributed by atoms with van der Waals surface area (Å²) in [6, 6.07) is 0.448. The summed E-state index contributed by atoms with van der Waals surface area (Å²) in [4.78, 5) is 25.2. The number of anilines is 1. The lowest BCUT2D eigenvalue weighted by molar-refractivity contribution is -0.129.